The molecule has 0 saturated heterocycles. The number of carbonyl (C=O) groups is 1. The number of anilines is 1. The van der Waals surface area contributed by atoms with E-state index in [0.717, 1.165) is 11.8 Å². The molecule has 11 heteroatoms. The zero-order valence-corrected chi connectivity index (χ0v) is 17.2. The average Bonchev–Trinajstić information content (AvgIpc) is 3.27. The van der Waals surface area contributed by atoms with Gasteiger partial charge in [-0.05, 0) is 43.3 Å². The van der Waals surface area contributed by atoms with E-state index >= 15 is 0 Å². The van der Waals surface area contributed by atoms with E-state index in [-0.39, 0.29) is 23.3 Å². The number of aryl methyl sites for hydroxylation is 1. The summed E-state index contributed by atoms with van der Waals surface area (Å²) in [5.41, 5.74) is 7.66. The van der Waals surface area contributed by atoms with Gasteiger partial charge in [0.1, 0.15) is 18.1 Å². The number of hydrogen-bond donors (Lipinski definition) is 2. The first-order chi connectivity index (χ1) is 15.2. The van der Waals surface area contributed by atoms with Gasteiger partial charge in [-0.25, -0.2) is 4.79 Å². The Labute approximate surface area is 181 Å². The summed E-state index contributed by atoms with van der Waals surface area (Å²) in [6.45, 7) is 2.13. The van der Waals surface area contributed by atoms with Gasteiger partial charge in [-0.2, -0.15) is 5.10 Å². The van der Waals surface area contributed by atoms with Crippen LogP contribution in [0, 0.1) is 0 Å². The number of alkyl halides is 2. The summed E-state index contributed by atoms with van der Waals surface area (Å²) >= 11 is 0. The average molecular weight is 446 g/mol. The largest absolute Gasteiger partial charge is 0.586 e. The Hall–Kier alpha value is -3.86. The van der Waals surface area contributed by atoms with Crippen LogP contribution in [-0.2, 0) is 7.05 Å². The van der Waals surface area contributed by atoms with Crippen molar-refractivity contribution in [3.8, 4) is 34.3 Å². The van der Waals surface area contributed by atoms with Crippen LogP contribution in [0.15, 0.2) is 48.7 Å². The quantitative estimate of drug-likeness (QED) is 0.594. The van der Waals surface area contributed by atoms with E-state index in [1.165, 1.54) is 12.1 Å². The predicted molar refractivity (Wildman–Crippen MR) is 110 cm³/mol. The van der Waals surface area contributed by atoms with Crippen LogP contribution >= 0.6 is 0 Å². The van der Waals surface area contributed by atoms with Gasteiger partial charge in [0, 0.05) is 36.6 Å². The number of amides is 1. The van der Waals surface area contributed by atoms with Crippen LogP contribution in [-0.4, -0.2) is 34.8 Å². The maximum Gasteiger partial charge on any atom is 0.586 e. The van der Waals surface area contributed by atoms with Crippen LogP contribution in [0.25, 0.3) is 11.3 Å². The second kappa shape index (κ2) is 8.35. The number of nitrogens with two attached hydrogens (primary N) is 1. The third-order valence-corrected chi connectivity index (χ3v) is 4.41. The maximum atomic E-state index is 13.1. The highest BCUT2D eigenvalue weighted by Gasteiger charge is 2.43. The van der Waals surface area contributed by atoms with E-state index in [0.29, 0.717) is 23.6 Å². The molecule has 1 aliphatic heterocycles. The van der Waals surface area contributed by atoms with Crippen molar-refractivity contribution in [2.24, 2.45) is 12.8 Å². The molecule has 3 N–H and O–H groups in total. The van der Waals surface area contributed by atoms with Gasteiger partial charge in [0.15, 0.2) is 11.5 Å². The van der Waals surface area contributed by atoms with Crippen molar-refractivity contribution in [1.29, 1.82) is 0 Å². The number of rotatable bonds is 6. The van der Waals surface area contributed by atoms with Gasteiger partial charge in [0.25, 0.3) is 0 Å². The minimum Gasteiger partial charge on any atom is -0.491 e. The first kappa shape index (κ1) is 21.4. The number of hydrogen-bond acceptors (Lipinski definition) is 7. The van der Waals surface area contributed by atoms with Crippen molar-refractivity contribution < 1.29 is 32.5 Å². The lowest BCUT2D eigenvalue weighted by Gasteiger charge is -2.15. The standard InChI is InChI=1S/C21H20F2N4O5/c1-12(24)11-29-17-5-3-13(9-15(17)16-7-8-25-27(16)2)26-20(28)30-14-4-6-18-19(10-14)32-21(22,23)31-18/h3-10,12H,11,24H2,1-2H3,(H,26,28)/t12-/m1/s1. The first-order valence-electron chi connectivity index (χ1n) is 9.60. The fourth-order valence-corrected chi connectivity index (χ4v) is 3.04. The van der Waals surface area contributed by atoms with Crippen LogP contribution in [0.3, 0.4) is 0 Å². The van der Waals surface area contributed by atoms with Gasteiger partial charge in [-0.1, -0.05) is 0 Å². The van der Waals surface area contributed by atoms with Crippen molar-refractivity contribution in [2.75, 3.05) is 11.9 Å². The Morgan fingerprint density at radius 3 is 2.72 bits per heavy atom. The molecule has 0 aliphatic carbocycles. The third-order valence-electron chi connectivity index (χ3n) is 4.41. The Morgan fingerprint density at radius 2 is 2.00 bits per heavy atom. The van der Waals surface area contributed by atoms with Gasteiger partial charge in [0.05, 0.1) is 5.69 Å². The number of halogens is 2. The van der Waals surface area contributed by atoms with Gasteiger partial charge in [0.2, 0.25) is 0 Å². The smallest absolute Gasteiger partial charge is 0.491 e. The molecule has 168 valence electrons. The van der Waals surface area contributed by atoms with Crippen molar-refractivity contribution in [2.45, 2.75) is 19.3 Å². The third kappa shape index (κ3) is 4.72. The van der Waals surface area contributed by atoms with Crippen molar-refractivity contribution in [1.82, 2.24) is 9.78 Å². The normalized spacial score (nSPS) is 14.7. The second-order valence-corrected chi connectivity index (χ2v) is 7.13. The molecule has 32 heavy (non-hydrogen) atoms. The molecule has 2 heterocycles. The van der Waals surface area contributed by atoms with Crippen molar-refractivity contribution in [3.63, 3.8) is 0 Å². The summed E-state index contributed by atoms with van der Waals surface area (Å²) in [4.78, 5) is 12.4. The van der Waals surface area contributed by atoms with Gasteiger partial charge in [-0.3, -0.25) is 10.00 Å². The molecule has 0 bridgehead atoms. The minimum atomic E-state index is -3.75. The highest BCUT2D eigenvalue weighted by atomic mass is 19.3. The number of benzene rings is 2. The first-order valence-corrected chi connectivity index (χ1v) is 9.60. The maximum absolute atomic E-state index is 13.1. The Kier molecular flexibility index (Phi) is 5.57. The molecule has 1 aliphatic rings. The summed E-state index contributed by atoms with van der Waals surface area (Å²) in [6.07, 6.45) is -2.94. The Bertz CT molecular complexity index is 1150. The number of nitrogens with one attached hydrogen (secondary N) is 1. The van der Waals surface area contributed by atoms with Gasteiger partial charge >= 0.3 is 12.4 Å². The summed E-state index contributed by atoms with van der Waals surface area (Å²) in [5, 5.41) is 6.76. The molecule has 1 amide bonds. The molecule has 0 fully saturated rings. The van der Waals surface area contributed by atoms with E-state index in [2.05, 4.69) is 19.9 Å². The molecule has 9 nitrogen and oxygen atoms in total. The van der Waals surface area contributed by atoms with Crippen LogP contribution in [0.4, 0.5) is 19.3 Å². The van der Waals surface area contributed by atoms with Gasteiger partial charge < -0.3 is 24.7 Å². The molecule has 4 rings (SSSR count). The molecule has 2 aromatic carbocycles. The molecule has 0 saturated carbocycles. The molecule has 1 atom stereocenters. The molecule has 0 spiro atoms. The summed E-state index contributed by atoms with van der Waals surface area (Å²) in [6, 6.07) is 10.4. The van der Waals surface area contributed by atoms with E-state index < -0.39 is 12.4 Å². The summed E-state index contributed by atoms with van der Waals surface area (Å²) in [5.74, 6) is 0.202. The molecule has 3 aromatic rings. The zero-order chi connectivity index (χ0) is 22.9. The molecular weight excluding hydrogens is 426 g/mol. The lowest BCUT2D eigenvalue weighted by atomic mass is 10.1. The number of fused-ring (bicyclic) bond motifs is 1. The van der Waals surface area contributed by atoms with Crippen LogP contribution in [0.2, 0.25) is 0 Å². The fourth-order valence-electron chi connectivity index (χ4n) is 3.04. The number of ether oxygens (including phenoxy) is 4. The molecule has 0 radical (unpaired) electrons. The van der Waals surface area contributed by atoms with Crippen molar-refractivity contribution in [3.05, 3.63) is 48.7 Å². The second-order valence-electron chi connectivity index (χ2n) is 7.13. The predicted octanol–water partition coefficient (Wildman–Crippen LogP) is 3.75. The monoisotopic (exact) mass is 446 g/mol. The van der Waals surface area contributed by atoms with E-state index in [1.54, 1.807) is 42.2 Å². The van der Waals surface area contributed by atoms with Gasteiger partial charge in [-0.15, -0.1) is 8.78 Å². The lowest BCUT2D eigenvalue weighted by molar-refractivity contribution is -0.286. The van der Waals surface area contributed by atoms with E-state index in [1.807, 2.05) is 6.92 Å². The van der Waals surface area contributed by atoms with Crippen molar-refractivity contribution >= 4 is 11.8 Å². The zero-order valence-electron chi connectivity index (χ0n) is 17.2. The molecule has 0 unspecified atom stereocenters. The fraction of sp³-hybridized carbons (Fsp3) is 0.238. The highest BCUT2D eigenvalue weighted by molar-refractivity contribution is 5.88. The number of nitrogens with zero attached hydrogens (tertiary/aromatic N) is 2. The van der Waals surface area contributed by atoms with Crippen LogP contribution in [0.1, 0.15) is 6.92 Å². The van der Waals surface area contributed by atoms with Crippen LogP contribution < -0.4 is 30.0 Å². The number of carbonyl (C=O) groups excluding carboxylic acids is 1. The molecular formula is C21H20F2N4O5. The number of aromatic nitrogens is 2. The Morgan fingerprint density at radius 1 is 1.22 bits per heavy atom. The topological polar surface area (TPSA) is 110 Å². The summed E-state index contributed by atoms with van der Waals surface area (Å²) in [7, 11) is 1.78. The minimum absolute atomic E-state index is 0.00583. The summed E-state index contributed by atoms with van der Waals surface area (Å²) < 4.78 is 47.6. The highest BCUT2D eigenvalue weighted by Crippen LogP contribution is 2.42. The molecule has 1 aromatic heterocycles. The van der Waals surface area contributed by atoms with E-state index in [4.69, 9.17) is 15.2 Å². The Balaban J connectivity index is 1.50. The SMILES string of the molecule is C[C@@H](N)COc1ccc(NC(=O)Oc2ccc3c(c2)OC(F)(F)O3)cc1-c1ccnn1C. The van der Waals surface area contributed by atoms with Crippen LogP contribution in [0.5, 0.6) is 23.0 Å². The lowest BCUT2D eigenvalue weighted by Crippen LogP contribution is -2.25. The van der Waals surface area contributed by atoms with E-state index in [9.17, 15) is 13.6 Å².